The summed E-state index contributed by atoms with van der Waals surface area (Å²) in [5.41, 5.74) is 6.13. The van der Waals surface area contributed by atoms with Crippen molar-refractivity contribution in [3.63, 3.8) is 0 Å². The SMILES string of the molecule is Cc1cc2c(cc1C)[n+](C)cn2C[C@@H](O)COc1ccc(C(C)C)cc1. The van der Waals surface area contributed by atoms with Crippen LogP contribution in [0.2, 0.25) is 0 Å². The first-order valence-electron chi connectivity index (χ1n) is 9.21. The lowest BCUT2D eigenvalue weighted by atomic mass is 10.0. The summed E-state index contributed by atoms with van der Waals surface area (Å²) in [6, 6.07) is 12.5. The van der Waals surface area contributed by atoms with Crippen LogP contribution >= 0.6 is 0 Å². The van der Waals surface area contributed by atoms with E-state index in [-0.39, 0.29) is 6.61 Å². The van der Waals surface area contributed by atoms with Crippen LogP contribution in [-0.2, 0) is 13.6 Å². The minimum atomic E-state index is -0.572. The molecule has 0 aliphatic heterocycles. The smallest absolute Gasteiger partial charge is 0.244 e. The molecule has 0 aliphatic carbocycles. The Balaban J connectivity index is 1.67. The summed E-state index contributed by atoms with van der Waals surface area (Å²) in [6.45, 7) is 9.36. The van der Waals surface area contributed by atoms with Crippen LogP contribution in [0, 0.1) is 13.8 Å². The maximum absolute atomic E-state index is 10.4. The van der Waals surface area contributed by atoms with Gasteiger partial charge in [-0.2, -0.15) is 0 Å². The summed E-state index contributed by atoms with van der Waals surface area (Å²) in [6.07, 6.45) is 1.46. The van der Waals surface area contributed by atoms with Gasteiger partial charge in [-0.1, -0.05) is 26.0 Å². The molecule has 1 N–H and O–H groups in total. The van der Waals surface area contributed by atoms with Crippen molar-refractivity contribution in [2.45, 2.75) is 46.3 Å². The average Bonchev–Trinajstić information content (AvgIpc) is 2.89. The summed E-state index contributed by atoms with van der Waals surface area (Å²) in [4.78, 5) is 0. The molecule has 4 heteroatoms. The van der Waals surface area contributed by atoms with Gasteiger partial charge in [0.15, 0.2) is 11.0 Å². The van der Waals surface area contributed by atoms with Crippen molar-refractivity contribution < 1.29 is 14.4 Å². The zero-order valence-corrected chi connectivity index (χ0v) is 16.4. The fourth-order valence-corrected chi connectivity index (χ4v) is 3.20. The number of nitrogens with zero attached hydrogens (tertiary/aromatic N) is 2. The Bertz CT molecular complexity index is 895. The molecule has 4 nitrogen and oxygen atoms in total. The number of aliphatic hydroxyl groups excluding tert-OH is 1. The molecule has 0 saturated carbocycles. The first kappa shape index (κ1) is 18.5. The molecule has 2 aromatic carbocycles. The van der Waals surface area contributed by atoms with Gasteiger partial charge in [-0.3, -0.25) is 0 Å². The molecular formula is C22H29N2O2+. The third kappa shape index (κ3) is 3.91. The molecule has 0 bridgehead atoms. The molecule has 0 radical (unpaired) electrons. The number of hydrogen-bond acceptors (Lipinski definition) is 2. The van der Waals surface area contributed by atoms with Crippen LogP contribution in [0.25, 0.3) is 11.0 Å². The zero-order valence-electron chi connectivity index (χ0n) is 16.4. The van der Waals surface area contributed by atoms with E-state index in [1.807, 2.05) is 25.5 Å². The zero-order chi connectivity index (χ0) is 18.8. The Kier molecular flexibility index (Phi) is 5.33. The van der Waals surface area contributed by atoms with Gasteiger partial charge in [0.1, 0.15) is 25.0 Å². The van der Waals surface area contributed by atoms with E-state index >= 15 is 0 Å². The lowest BCUT2D eigenvalue weighted by Gasteiger charge is -2.12. The molecule has 0 saturated heterocycles. The molecule has 1 atom stereocenters. The van der Waals surface area contributed by atoms with E-state index in [4.69, 9.17) is 4.74 Å². The standard InChI is InChI=1S/C22H29N2O2/c1-15(2)18-6-8-20(9-7-18)26-13-19(25)12-24-14-23(5)21-10-16(3)17(4)11-22(21)24/h6-11,14-15,19,25H,12-13H2,1-5H3/q+1/t19-/m1/s1. The van der Waals surface area contributed by atoms with E-state index in [9.17, 15) is 5.11 Å². The van der Waals surface area contributed by atoms with Crippen molar-refractivity contribution in [2.75, 3.05) is 6.61 Å². The van der Waals surface area contributed by atoms with Crippen molar-refractivity contribution in [3.8, 4) is 5.75 Å². The fourth-order valence-electron chi connectivity index (χ4n) is 3.20. The van der Waals surface area contributed by atoms with E-state index in [0.29, 0.717) is 12.5 Å². The van der Waals surface area contributed by atoms with Gasteiger partial charge in [0, 0.05) is 0 Å². The van der Waals surface area contributed by atoms with Gasteiger partial charge in [-0.15, -0.1) is 0 Å². The van der Waals surface area contributed by atoms with Gasteiger partial charge in [0.05, 0.1) is 7.05 Å². The van der Waals surface area contributed by atoms with Gasteiger partial charge in [0.25, 0.3) is 0 Å². The first-order valence-corrected chi connectivity index (χ1v) is 9.21. The highest BCUT2D eigenvalue weighted by Crippen LogP contribution is 2.20. The van der Waals surface area contributed by atoms with Crippen molar-refractivity contribution in [1.82, 2.24) is 4.57 Å². The van der Waals surface area contributed by atoms with Crippen molar-refractivity contribution in [3.05, 3.63) is 59.4 Å². The number of imidazole rings is 1. The molecule has 26 heavy (non-hydrogen) atoms. The van der Waals surface area contributed by atoms with Gasteiger partial charge >= 0.3 is 0 Å². The second kappa shape index (κ2) is 7.50. The molecule has 3 rings (SSSR count). The molecule has 1 aromatic heterocycles. The number of benzene rings is 2. The largest absolute Gasteiger partial charge is 0.491 e. The molecule has 0 aliphatic rings. The van der Waals surface area contributed by atoms with E-state index < -0.39 is 6.10 Å². The van der Waals surface area contributed by atoms with E-state index in [1.54, 1.807) is 0 Å². The Morgan fingerprint density at radius 1 is 1.08 bits per heavy atom. The third-order valence-corrected chi connectivity index (χ3v) is 4.99. The molecule has 138 valence electrons. The summed E-state index contributed by atoms with van der Waals surface area (Å²) >= 11 is 0. The molecule has 0 unspecified atom stereocenters. The van der Waals surface area contributed by atoms with E-state index in [2.05, 4.69) is 61.1 Å². The number of aryl methyl sites for hydroxylation is 3. The maximum Gasteiger partial charge on any atom is 0.244 e. The summed E-state index contributed by atoms with van der Waals surface area (Å²) in [5.74, 6) is 1.30. The molecule has 0 fully saturated rings. The normalized spacial score (nSPS) is 12.7. The molecule has 0 spiro atoms. The van der Waals surface area contributed by atoms with Crippen LogP contribution < -0.4 is 9.30 Å². The van der Waals surface area contributed by atoms with Crippen LogP contribution in [0.4, 0.5) is 0 Å². The van der Waals surface area contributed by atoms with Gasteiger partial charge in [-0.05, 0) is 60.7 Å². The predicted octanol–water partition coefficient (Wildman–Crippen LogP) is 3.65. The Morgan fingerprint density at radius 3 is 2.38 bits per heavy atom. The highest BCUT2D eigenvalue weighted by atomic mass is 16.5. The number of aromatic nitrogens is 2. The van der Waals surface area contributed by atoms with Crippen LogP contribution in [0.1, 0.15) is 36.5 Å². The quantitative estimate of drug-likeness (QED) is 0.687. The molecule has 1 heterocycles. The van der Waals surface area contributed by atoms with E-state index in [0.717, 1.165) is 11.3 Å². The lowest BCUT2D eigenvalue weighted by molar-refractivity contribution is -0.645. The van der Waals surface area contributed by atoms with Gasteiger partial charge in [-0.25, -0.2) is 9.13 Å². The highest BCUT2D eigenvalue weighted by Gasteiger charge is 2.18. The Hall–Kier alpha value is -2.33. The fraction of sp³-hybridized carbons (Fsp3) is 0.409. The minimum absolute atomic E-state index is 0.273. The number of fused-ring (bicyclic) bond motifs is 1. The molecule has 3 aromatic rings. The summed E-state index contributed by atoms with van der Waals surface area (Å²) < 4.78 is 9.96. The summed E-state index contributed by atoms with van der Waals surface area (Å²) in [7, 11) is 2.03. The lowest BCUT2D eigenvalue weighted by Crippen LogP contribution is -2.27. The second-order valence-electron chi connectivity index (χ2n) is 7.49. The highest BCUT2D eigenvalue weighted by molar-refractivity contribution is 5.74. The molecule has 0 amide bonds. The average molecular weight is 353 g/mol. The number of rotatable bonds is 6. The molecular weight excluding hydrogens is 324 g/mol. The Labute approximate surface area is 155 Å². The monoisotopic (exact) mass is 353 g/mol. The van der Waals surface area contributed by atoms with Crippen LogP contribution in [0.15, 0.2) is 42.7 Å². The third-order valence-electron chi connectivity index (χ3n) is 4.99. The van der Waals surface area contributed by atoms with Crippen LogP contribution in [-0.4, -0.2) is 22.4 Å². The van der Waals surface area contributed by atoms with Crippen LogP contribution in [0.5, 0.6) is 5.75 Å². The van der Waals surface area contributed by atoms with Crippen molar-refractivity contribution >= 4 is 11.0 Å². The summed E-state index contributed by atoms with van der Waals surface area (Å²) in [5, 5.41) is 10.4. The topological polar surface area (TPSA) is 38.3 Å². The Morgan fingerprint density at radius 2 is 1.73 bits per heavy atom. The van der Waals surface area contributed by atoms with E-state index in [1.165, 1.54) is 22.2 Å². The first-order chi connectivity index (χ1) is 12.3. The van der Waals surface area contributed by atoms with Gasteiger partial charge in [0.2, 0.25) is 6.33 Å². The number of aliphatic hydroxyl groups is 1. The predicted molar refractivity (Wildman–Crippen MR) is 105 cm³/mol. The maximum atomic E-state index is 10.4. The second-order valence-corrected chi connectivity index (χ2v) is 7.49. The van der Waals surface area contributed by atoms with Crippen molar-refractivity contribution in [1.29, 1.82) is 0 Å². The number of hydrogen-bond donors (Lipinski definition) is 1. The van der Waals surface area contributed by atoms with Crippen LogP contribution in [0.3, 0.4) is 0 Å². The minimum Gasteiger partial charge on any atom is -0.491 e. The van der Waals surface area contributed by atoms with Gasteiger partial charge < -0.3 is 9.84 Å². The number of ether oxygens (including phenoxy) is 1. The van der Waals surface area contributed by atoms with Crippen molar-refractivity contribution in [2.24, 2.45) is 7.05 Å².